The van der Waals surface area contributed by atoms with Crippen LogP contribution in [0.4, 0.5) is 0 Å². The van der Waals surface area contributed by atoms with E-state index in [1.807, 2.05) is 0 Å². The highest BCUT2D eigenvalue weighted by atomic mass is 15.0. The molecule has 4 aromatic heterocycles. The van der Waals surface area contributed by atoms with E-state index in [-0.39, 0.29) is 0 Å². The normalized spacial score (nSPS) is 12.4. The Bertz CT molecular complexity index is 3360. The van der Waals surface area contributed by atoms with E-state index in [2.05, 4.69) is 173 Å². The molecule has 12 aromatic rings. The van der Waals surface area contributed by atoms with Crippen LogP contribution in [0, 0.1) is 0 Å². The summed E-state index contributed by atoms with van der Waals surface area (Å²) in [6.45, 7) is 0. The average molecular weight is 634 g/mol. The van der Waals surface area contributed by atoms with Gasteiger partial charge in [-0.1, -0.05) is 127 Å². The van der Waals surface area contributed by atoms with E-state index in [1.165, 1.54) is 81.4 Å². The summed E-state index contributed by atoms with van der Waals surface area (Å²) in [5.74, 6) is 0. The van der Waals surface area contributed by atoms with Gasteiger partial charge in [0.25, 0.3) is 0 Å². The van der Waals surface area contributed by atoms with Crippen molar-refractivity contribution in [2.45, 2.75) is 0 Å². The molecular weight excluding hydrogens is 607 g/mol. The van der Waals surface area contributed by atoms with Crippen molar-refractivity contribution in [3.8, 4) is 16.9 Å². The smallest absolute Gasteiger partial charge is 0.0788 e. The third-order valence-electron chi connectivity index (χ3n) is 11.0. The van der Waals surface area contributed by atoms with Crippen LogP contribution < -0.4 is 0 Å². The number of aromatic nitrogens is 3. The fraction of sp³-hybridized carbons (Fsp3) is 0. The molecule has 0 amide bonds. The molecule has 0 fully saturated rings. The number of fused-ring (bicyclic) bond motifs is 14. The second-order valence-corrected chi connectivity index (χ2v) is 13.5. The van der Waals surface area contributed by atoms with Crippen molar-refractivity contribution in [2.24, 2.45) is 0 Å². The topological polar surface area (TPSA) is 22.2 Å². The van der Waals surface area contributed by atoms with Crippen molar-refractivity contribution in [2.75, 3.05) is 0 Å². The standard InChI is InChI=1S/C47H27N3/c1-2-11-28(12-3-1)45-35-16-5-4-13-31(35)32-24-22-30(26-41(32)48-45)49-42-19-8-7-15-34(42)40-25-29-21-23-38-37-18-10-17-36-33-14-6-9-20-43(33)50(46(36)37)47(38)39(29)27-44(40)49/h1-27H. The van der Waals surface area contributed by atoms with Gasteiger partial charge in [-0.05, 0) is 47.2 Å². The predicted octanol–water partition coefficient (Wildman–Crippen LogP) is 12.5. The van der Waals surface area contributed by atoms with Crippen LogP contribution in [0.5, 0.6) is 0 Å². The third kappa shape index (κ3) is 3.31. The zero-order chi connectivity index (χ0) is 32.5. The lowest BCUT2D eigenvalue weighted by molar-refractivity contribution is 1.18. The summed E-state index contributed by atoms with van der Waals surface area (Å²) in [6, 6.07) is 59.8. The molecule has 0 saturated heterocycles. The highest BCUT2D eigenvalue weighted by Crippen LogP contribution is 2.44. The summed E-state index contributed by atoms with van der Waals surface area (Å²) < 4.78 is 4.94. The Morgan fingerprint density at radius 3 is 1.82 bits per heavy atom. The molecule has 8 aromatic carbocycles. The van der Waals surface area contributed by atoms with E-state index >= 15 is 0 Å². The largest absolute Gasteiger partial charge is 0.309 e. The van der Waals surface area contributed by atoms with Crippen molar-refractivity contribution in [1.82, 2.24) is 14.0 Å². The molecule has 0 aliphatic heterocycles. The molecule has 0 spiro atoms. The van der Waals surface area contributed by atoms with Gasteiger partial charge < -0.3 is 8.97 Å². The monoisotopic (exact) mass is 633 g/mol. The molecule has 0 atom stereocenters. The SMILES string of the molecule is c1ccc(-c2nc3cc(-n4c5ccccc5c5cc6ccc7c8cccc9c%10ccccc%10n(c7c6cc54)c98)ccc3c3ccccc23)cc1. The first-order valence-electron chi connectivity index (χ1n) is 17.2. The van der Waals surface area contributed by atoms with Gasteiger partial charge in [-0.25, -0.2) is 4.98 Å². The summed E-state index contributed by atoms with van der Waals surface area (Å²) in [5.41, 5.74) is 10.4. The van der Waals surface area contributed by atoms with Gasteiger partial charge in [-0.3, -0.25) is 0 Å². The number of nitrogens with zero attached hydrogens (tertiary/aromatic N) is 3. The maximum absolute atomic E-state index is 5.35. The Labute approximate surface area is 286 Å². The second kappa shape index (κ2) is 9.46. The molecule has 0 aliphatic carbocycles. The second-order valence-electron chi connectivity index (χ2n) is 13.5. The fourth-order valence-electron chi connectivity index (χ4n) is 8.88. The highest BCUT2D eigenvalue weighted by molar-refractivity contribution is 6.28. The number of para-hydroxylation sites is 3. The minimum Gasteiger partial charge on any atom is -0.309 e. The molecule has 0 unspecified atom stereocenters. The Morgan fingerprint density at radius 2 is 0.980 bits per heavy atom. The van der Waals surface area contributed by atoms with Crippen LogP contribution in [0.1, 0.15) is 0 Å². The molecule has 50 heavy (non-hydrogen) atoms. The zero-order valence-corrected chi connectivity index (χ0v) is 26.9. The molecule has 230 valence electrons. The molecule has 3 nitrogen and oxygen atoms in total. The summed E-state index contributed by atoms with van der Waals surface area (Å²) in [4.78, 5) is 5.35. The summed E-state index contributed by atoms with van der Waals surface area (Å²) >= 11 is 0. The molecule has 0 saturated carbocycles. The summed E-state index contributed by atoms with van der Waals surface area (Å²) in [5, 5.41) is 13.8. The number of rotatable bonds is 2. The summed E-state index contributed by atoms with van der Waals surface area (Å²) in [6.07, 6.45) is 0. The minimum atomic E-state index is 0.990. The molecule has 3 heteroatoms. The molecule has 0 aliphatic rings. The molecule has 4 heterocycles. The van der Waals surface area contributed by atoms with Gasteiger partial charge in [0.1, 0.15) is 0 Å². The van der Waals surface area contributed by atoms with Gasteiger partial charge in [-0.15, -0.1) is 0 Å². The van der Waals surface area contributed by atoms with E-state index < -0.39 is 0 Å². The molecule has 12 rings (SSSR count). The number of benzene rings is 8. The van der Waals surface area contributed by atoms with E-state index in [0.29, 0.717) is 0 Å². The molecule has 0 N–H and O–H groups in total. The van der Waals surface area contributed by atoms with Crippen LogP contribution in [-0.2, 0) is 0 Å². The van der Waals surface area contributed by atoms with Gasteiger partial charge >= 0.3 is 0 Å². The van der Waals surface area contributed by atoms with Gasteiger partial charge in [0.05, 0.1) is 38.8 Å². The van der Waals surface area contributed by atoms with E-state index in [9.17, 15) is 0 Å². The van der Waals surface area contributed by atoms with Crippen molar-refractivity contribution in [1.29, 1.82) is 0 Å². The highest BCUT2D eigenvalue weighted by Gasteiger charge is 2.21. The Morgan fingerprint density at radius 1 is 0.360 bits per heavy atom. The predicted molar refractivity (Wildman–Crippen MR) is 211 cm³/mol. The third-order valence-corrected chi connectivity index (χ3v) is 11.0. The molecular formula is C47H27N3. The van der Waals surface area contributed by atoms with Crippen LogP contribution in [0.3, 0.4) is 0 Å². The van der Waals surface area contributed by atoms with Crippen LogP contribution in [-0.4, -0.2) is 14.0 Å². The van der Waals surface area contributed by atoms with Crippen molar-refractivity contribution >= 4 is 92.3 Å². The zero-order valence-electron chi connectivity index (χ0n) is 26.9. The molecule has 0 radical (unpaired) electrons. The van der Waals surface area contributed by atoms with Crippen molar-refractivity contribution < 1.29 is 0 Å². The van der Waals surface area contributed by atoms with Crippen LogP contribution in [0.15, 0.2) is 164 Å². The number of hydrogen-bond donors (Lipinski definition) is 0. The Balaban J connectivity index is 1.21. The van der Waals surface area contributed by atoms with Gasteiger partial charge in [0.15, 0.2) is 0 Å². The van der Waals surface area contributed by atoms with Crippen LogP contribution in [0.25, 0.3) is 109 Å². The van der Waals surface area contributed by atoms with Crippen LogP contribution in [0.2, 0.25) is 0 Å². The maximum Gasteiger partial charge on any atom is 0.0788 e. The maximum atomic E-state index is 5.35. The van der Waals surface area contributed by atoms with Gasteiger partial charge in [-0.2, -0.15) is 0 Å². The quantitative estimate of drug-likeness (QED) is 0.174. The lowest BCUT2D eigenvalue weighted by atomic mass is 10.00. The first-order chi connectivity index (χ1) is 24.8. The Kier molecular flexibility index (Phi) is 4.97. The Hall–Kier alpha value is -6.71. The number of pyridine rings is 1. The van der Waals surface area contributed by atoms with E-state index in [1.54, 1.807) is 0 Å². The van der Waals surface area contributed by atoms with Gasteiger partial charge in [0, 0.05) is 59.7 Å². The number of hydrogen-bond acceptors (Lipinski definition) is 1. The minimum absolute atomic E-state index is 0.990. The van der Waals surface area contributed by atoms with E-state index in [4.69, 9.17) is 4.98 Å². The lowest BCUT2D eigenvalue weighted by Gasteiger charge is -2.13. The lowest BCUT2D eigenvalue weighted by Crippen LogP contribution is -1.96. The van der Waals surface area contributed by atoms with Crippen LogP contribution >= 0.6 is 0 Å². The fourth-order valence-corrected chi connectivity index (χ4v) is 8.88. The van der Waals surface area contributed by atoms with Crippen molar-refractivity contribution in [3.63, 3.8) is 0 Å². The first-order valence-corrected chi connectivity index (χ1v) is 17.2. The summed E-state index contributed by atoms with van der Waals surface area (Å²) in [7, 11) is 0. The van der Waals surface area contributed by atoms with E-state index in [0.717, 1.165) is 27.8 Å². The van der Waals surface area contributed by atoms with Crippen molar-refractivity contribution in [3.05, 3.63) is 164 Å². The van der Waals surface area contributed by atoms with Gasteiger partial charge in [0.2, 0.25) is 0 Å². The molecule has 0 bridgehead atoms. The first kappa shape index (κ1) is 26.3. The average Bonchev–Trinajstić information content (AvgIpc) is 3.82.